The standard InChI is InChI=1S/C20H20FN3O2S/c1-25-16-10-6-14(7-11-16)12-23(15-8-9-15)13-24-20(27)26-19(22-24)17-4-2-3-5-18(17)21/h2-7,10-11,15H,8-9,12-13H2,1H3/p+1. The molecule has 1 heterocycles. The van der Waals surface area contributed by atoms with Crippen LogP contribution in [0.3, 0.4) is 0 Å². The van der Waals surface area contributed by atoms with Crippen molar-refractivity contribution in [3.8, 4) is 17.2 Å². The van der Waals surface area contributed by atoms with Crippen molar-refractivity contribution in [3.63, 3.8) is 0 Å². The van der Waals surface area contributed by atoms with Gasteiger partial charge in [-0.2, -0.15) is 4.68 Å². The minimum Gasteiger partial charge on any atom is -0.497 e. The first-order valence-corrected chi connectivity index (χ1v) is 9.35. The molecule has 1 fully saturated rings. The first-order valence-electron chi connectivity index (χ1n) is 8.94. The summed E-state index contributed by atoms with van der Waals surface area (Å²) in [5.41, 5.74) is 1.55. The van der Waals surface area contributed by atoms with Crippen molar-refractivity contribution in [2.75, 3.05) is 7.11 Å². The van der Waals surface area contributed by atoms with E-state index in [0.29, 0.717) is 18.3 Å². The number of halogens is 1. The van der Waals surface area contributed by atoms with Gasteiger partial charge in [0, 0.05) is 18.4 Å². The Morgan fingerprint density at radius 2 is 1.96 bits per heavy atom. The first-order chi connectivity index (χ1) is 13.1. The van der Waals surface area contributed by atoms with Crippen molar-refractivity contribution in [1.29, 1.82) is 0 Å². The van der Waals surface area contributed by atoms with E-state index in [4.69, 9.17) is 21.4 Å². The molecular formula is C20H21FN3O2S+. The third kappa shape index (κ3) is 4.09. The molecule has 1 aliphatic rings. The Balaban J connectivity index is 1.54. The average Bonchev–Trinajstić information content (AvgIpc) is 3.46. The number of methoxy groups -OCH3 is 1. The summed E-state index contributed by atoms with van der Waals surface area (Å²) in [5.74, 6) is 0.697. The van der Waals surface area contributed by atoms with Gasteiger partial charge < -0.3 is 14.1 Å². The van der Waals surface area contributed by atoms with E-state index >= 15 is 0 Å². The van der Waals surface area contributed by atoms with Crippen molar-refractivity contribution in [1.82, 2.24) is 9.78 Å². The normalized spacial score (nSPS) is 14.9. The van der Waals surface area contributed by atoms with Crippen molar-refractivity contribution in [2.24, 2.45) is 0 Å². The lowest BCUT2D eigenvalue weighted by molar-refractivity contribution is -0.947. The van der Waals surface area contributed by atoms with Crippen molar-refractivity contribution in [3.05, 3.63) is 64.7 Å². The van der Waals surface area contributed by atoms with E-state index in [1.54, 1.807) is 30.0 Å². The van der Waals surface area contributed by atoms with Gasteiger partial charge in [0.2, 0.25) is 5.89 Å². The van der Waals surface area contributed by atoms with E-state index in [1.165, 1.54) is 29.4 Å². The first kappa shape index (κ1) is 17.9. The van der Waals surface area contributed by atoms with E-state index in [9.17, 15) is 4.39 Å². The van der Waals surface area contributed by atoms with E-state index in [0.717, 1.165) is 12.3 Å². The van der Waals surface area contributed by atoms with E-state index in [1.807, 2.05) is 12.1 Å². The van der Waals surface area contributed by atoms with Gasteiger partial charge in [0.05, 0.1) is 18.7 Å². The van der Waals surface area contributed by atoms with Gasteiger partial charge in [-0.25, -0.2) is 4.39 Å². The number of nitrogens with zero attached hydrogens (tertiary/aromatic N) is 2. The molecule has 0 amide bonds. The Labute approximate surface area is 162 Å². The Morgan fingerprint density at radius 3 is 2.63 bits per heavy atom. The van der Waals surface area contributed by atoms with Crippen LogP contribution in [0.2, 0.25) is 0 Å². The smallest absolute Gasteiger partial charge is 0.292 e. The fraction of sp³-hybridized carbons (Fsp3) is 0.300. The van der Waals surface area contributed by atoms with Crippen LogP contribution in [0.1, 0.15) is 18.4 Å². The number of hydrogen-bond acceptors (Lipinski definition) is 4. The van der Waals surface area contributed by atoms with Crippen LogP contribution in [-0.4, -0.2) is 22.9 Å². The molecular weight excluding hydrogens is 365 g/mol. The molecule has 1 aliphatic carbocycles. The molecule has 5 nitrogen and oxygen atoms in total. The van der Waals surface area contributed by atoms with E-state index in [-0.39, 0.29) is 16.5 Å². The van der Waals surface area contributed by atoms with Gasteiger partial charge in [0.25, 0.3) is 4.84 Å². The van der Waals surface area contributed by atoms with Gasteiger partial charge in [0.1, 0.15) is 18.1 Å². The Hall–Kier alpha value is -2.51. The van der Waals surface area contributed by atoms with Crippen LogP contribution in [0, 0.1) is 10.7 Å². The summed E-state index contributed by atoms with van der Waals surface area (Å²) in [6.07, 6.45) is 2.38. The molecule has 1 aromatic heterocycles. The molecule has 0 bridgehead atoms. The highest BCUT2D eigenvalue weighted by Crippen LogP contribution is 2.21. The molecule has 0 saturated heterocycles. The van der Waals surface area contributed by atoms with Crippen LogP contribution in [0.15, 0.2) is 52.9 Å². The van der Waals surface area contributed by atoms with Gasteiger partial charge >= 0.3 is 0 Å². The average molecular weight is 386 g/mol. The molecule has 1 N–H and O–H groups in total. The van der Waals surface area contributed by atoms with Gasteiger partial charge in [-0.1, -0.05) is 12.1 Å². The fourth-order valence-electron chi connectivity index (χ4n) is 3.17. The summed E-state index contributed by atoms with van der Waals surface area (Å²) in [4.78, 5) is 1.63. The highest BCUT2D eigenvalue weighted by atomic mass is 32.1. The molecule has 0 radical (unpaired) electrons. The van der Waals surface area contributed by atoms with E-state index in [2.05, 4.69) is 17.2 Å². The van der Waals surface area contributed by atoms with Crippen LogP contribution in [0.5, 0.6) is 5.75 Å². The zero-order valence-electron chi connectivity index (χ0n) is 15.0. The maximum atomic E-state index is 14.0. The summed E-state index contributed by atoms with van der Waals surface area (Å²) >= 11 is 5.32. The fourth-order valence-corrected chi connectivity index (χ4v) is 3.35. The van der Waals surface area contributed by atoms with Crippen LogP contribution in [-0.2, 0) is 13.2 Å². The number of rotatable bonds is 7. The molecule has 1 saturated carbocycles. The summed E-state index contributed by atoms with van der Waals surface area (Å²) in [7, 11) is 1.66. The van der Waals surface area contributed by atoms with Crippen LogP contribution in [0.4, 0.5) is 4.39 Å². The number of benzene rings is 2. The maximum Gasteiger partial charge on any atom is 0.292 e. The van der Waals surface area contributed by atoms with Crippen molar-refractivity contribution < 1.29 is 18.4 Å². The molecule has 140 valence electrons. The second kappa shape index (κ2) is 7.62. The Morgan fingerprint density at radius 1 is 1.22 bits per heavy atom. The van der Waals surface area contributed by atoms with Crippen LogP contribution >= 0.6 is 12.2 Å². The predicted molar refractivity (Wildman–Crippen MR) is 101 cm³/mol. The zero-order chi connectivity index (χ0) is 18.8. The SMILES string of the molecule is COc1ccc(C[NH+](Cn2nc(-c3ccccc3F)oc2=S)C2CC2)cc1. The largest absolute Gasteiger partial charge is 0.497 e. The molecule has 2 aromatic carbocycles. The molecule has 1 unspecified atom stereocenters. The summed E-state index contributed by atoms with van der Waals surface area (Å²) in [6.45, 7) is 1.45. The lowest BCUT2D eigenvalue weighted by Crippen LogP contribution is -3.11. The Kier molecular flexibility index (Phi) is 5.05. The van der Waals surface area contributed by atoms with Gasteiger partial charge in [-0.15, -0.1) is 5.10 Å². The quantitative estimate of drug-likeness (QED) is 0.634. The third-order valence-electron chi connectivity index (χ3n) is 4.81. The lowest BCUT2D eigenvalue weighted by Gasteiger charge is -2.18. The van der Waals surface area contributed by atoms with Gasteiger partial charge in [0.15, 0.2) is 6.67 Å². The van der Waals surface area contributed by atoms with Gasteiger partial charge in [-0.05, 0) is 48.6 Å². The van der Waals surface area contributed by atoms with Crippen LogP contribution in [0.25, 0.3) is 11.5 Å². The monoisotopic (exact) mass is 386 g/mol. The summed E-state index contributed by atoms with van der Waals surface area (Å²) < 4.78 is 26.5. The highest BCUT2D eigenvalue weighted by Gasteiger charge is 2.34. The molecule has 3 aromatic rings. The summed E-state index contributed by atoms with van der Waals surface area (Å²) in [6, 6.07) is 15.1. The predicted octanol–water partition coefficient (Wildman–Crippen LogP) is 3.23. The minimum atomic E-state index is -0.370. The molecule has 7 heteroatoms. The molecule has 0 aliphatic heterocycles. The zero-order valence-corrected chi connectivity index (χ0v) is 15.8. The molecule has 4 rings (SSSR count). The number of hydrogen-bond donors (Lipinski definition) is 1. The van der Waals surface area contributed by atoms with Gasteiger partial charge in [-0.3, -0.25) is 0 Å². The number of ether oxygens (including phenoxy) is 1. The number of nitrogens with one attached hydrogen (secondary N) is 1. The molecule has 1 atom stereocenters. The third-order valence-corrected chi connectivity index (χ3v) is 5.10. The van der Waals surface area contributed by atoms with E-state index < -0.39 is 0 Å². The second-order valence-corrected chi connectivity index (χ2v) is 7.12. The van der Waals surface area contributed by atoms with Crippen molar-refractivity contribution >= 4 is 12.2 Å². The second-order valence-electron chi connectivity index (χ2n) is 6.77. The lowest BCUT2D eigenvalue weighted by atomic mass is 10.2. The number of aromatic nitrogens is 2. The highest BCUT2D eigenvalue weighted by molar-refractivity contribution is 7.71. The molecule has 27 heavy (non-hydrogen) atoms. The van der Waals surface area contributed by atoms with Crippen molar-refractivity contribution in [2.45, 2.75) is 32.1 Å². The Bertz CT molecular complexity index is 979. The topological polar surface area (TPSA) is 44.6 Å². The van der Waals surface area contributed by atoms with Crippen LogP contribution < -0.4 is 9.64 Å². The minimum absolute atomic E-state index is 0.220. The summed E-state index contributed by atoms with van der Waals surface area (Å²) in [5, 5.41) is 4.42. The maximum absolute atomic E-state index is 14.0. The molecule has 0 spiro atoms. The number of quaternary nitrogens is 1.